The average molecular weight is 335 g/mol. The van der Waals surface area contributed by atoms with E-state index in [1.807, 2.05) is 30.3 Å². The van der Waals surface area contributed by atoms with Crippen molar-refractivity contribution in [1.29, 1.82) is 0 Å². The molecule has 6 nitrogen and oxygen atoms in total. The van der Waals surface area contributed by atoms with Gasteiger partial charge in [-0.3, -0.25) is 14.7 Å². The third kappa shape index (κ3) is 3.70. The molecule has 1 amide bonds. The molecule has 1 fully saturated rings. The van der Waals surface area contributed by atoms with Crippen LogP contribution in [0.1, 0.15) is 6.42 Å². The van der Waals surface area contributed by atoms with Crippen molar-refractivity contribution in [1.82, 2.24) is 9.97 Å². The van der Waals surface area contributed by atoms with Crippen molar-refractivity contribution >= 4 is 21.9 Å². The highest BCUT2D eigenvalue weighted by molar-refractivity contribution is 7.86. The number of rotatable bonds is 4. The second kappa shape index (κ2) is 6.04. The summed E-state index contributed by atoms with van der Waals surface area (Å²) in [4.78, 5) is 21.8. The lowest BCUT2D eigenvalue weighted by Gasteiger charge is -2.15. The Labute approximate surface area is 133 Å². The maximum Gasteiger partial charge on any atom is 0.302 e. The van der Waals surface area contributed by atoms with Crippen LogP contribution in [0.2, 0.25) is 0 Å². The molecule has 0 radical (unpaired) electrons. The summed E-state index contributed by atoms with van der Waals surface area (Å²) < 4.78 is 34.2. The Morgan fingerprint density at radius 3 is 2.52 bits per heavy atom. The molecule has 1 saturated heterocycles. The van der Waals surface area contributed by atoms with E-state index in [9.17, 15) is 17.1 Å². The van der Waals surface area contributed by atoms with E-state index in [1.54, 1.807) is 6.20 Å². The van der Waals surface area contributed by atoms with E-state index >= 15 is 0 Å². The highest BCUT2D eigenvalue weighted by Gasteiger charge is 2.34. The summed E-state index contributed by atoms with van der Waals surface area (Å²) >= 11 is 0. The number of amides is 1. The van der Waals surface area contributed by atoms with E-state index in [1.165, 1.54) is 11.1 Å². The van der Waals surface area contributed by atoms with Crippen LogP contribution in [0.5, 0.6) is 0 Å². The molecular formula is C15H14FN3O3S. The van der Waals surface area contributed by atoms with Crippen molar-refractivity contribution in [2.45, 2.75) is 6.42 Å². The molecule has 1 aromatic heterocycles. The summed E-state index contributed by atoms with van der Waals surface area (Å²) in [6, 6.07) is 9.46. The number of carbonyl (C=O) groups excluding carboxylic acids is 1. The summed E-state index contributed by atoms with van der Waals surface area (Å²) in [5.41, 5.74) is 1.57. The first-order chi connectivity index (χ1) is 10.9. The lowest BCUT2D eigenvalue weighted by Crippen LogP contribution is -2.26. The minimum Gasteiger partial charge on any atom is -0.295 e. The summed E-state index contributed by atoms with van der Waals surface area (Å²) in [6.45, 7) is 0.126. The number of carbonyl (C=O) groups is 1. The van der Waals surface area contributed by atoms with Crippen LogP contribution in [0.3, 0.4) is 0 Å². The number of benzene rings is 1. The summed E-state index contributed by atoms with van der Waals surface area (Å²) in [6.07, 6.45) is 3.01. The SMILES string of the molecule is O=C1CC(CS(=O)(=O)F)CN1c1cnc(-c2ccccc2)cn1. The second-order valence-corrected chi connectivity index (χ2v) is 6.82. The lowest BCUT2D eigenvalue weighted by atomic mass is 10.1. The zero-order chi connectivity index (χ0) is 16.4. The molecule has 3 rings (SSSR count). The van der Waals surface area contributed by atoms with Crippen LogP contribution >= 0.6 is 0 Å². The molecule has 1 unspecified atom stereocenters. The number of aromatic nitrogens is 2. The molecule has 0 saturated carbocycles. The Kier molecular flexibility index (Phi) is 4.08. The minimum absolute atomic E-state index is 0.00866. The van der Waals surface area contributed by atoms with Gasteiger partial charge in [0.25, 0.3) is 0 Å². The van der Waals surface area contributed by atoms with Gasteiger partial charge in [-0.05, 0) is 0 Å². The Bertz CT molecular complexity index is 810. The maximum absolute atomic E-state index is 12.8. The van der Waals surface area contributed by atoms with E-state index in [2.05, 4.69) is 9.97 Å². The Hall–Kier alpha value is -2.35. The van der Waals surface area contributed by atoms with Crippen LogP contribution in [0.4, 0.5) is 9.70 Å². The van der Waals surface area contributed by atoms with Crippen molar-refractivity contribution in [3.63, 3.8) is 0 Å². The molecule has 0 aliphatic carbocycles. The van der Waals surface area contributed by atoms with Gasteiger partial charge in [-0.2, -0.15) is 8.42 Å². The third-order valence-corrected chi connectivity index (χ3v) is 4.49. The predicted octanol–water partition coefficient (Wildman–Crippen LogP) is 1.80. The van der Waals surface area contributed by atoms with Crippen molar-refractivity contribution in [3.8, 4) is 11.3 Å². The van der Waals surface area contributed by atoms with E-state index in [0.29, 0.717) is 11.5 Å². The Morgan fingerprint density at radius 1 is 1.17 bits per heavy atom. The largest absolute Gasteiger partial charge is 0.302 e. The molecular weight excluding hydrogens is 321 g/mol. The summed E-state index contributed by atoms with van der Waals surface area (Å²) in [5, 5.41) is 0. The quantitative estimate of drug-likeness (QED) is 0.796. The number of nitrogens with zero attached hydrogens (tertiary/aromatic N) is 3. The smallest absolute Gasteiger partial charge is 0.295 e. The van der Waals surface area contributed by atoms with Crippen LogP contribution in [0.25, 0.3) is 11.3 Å². The Balaban J connectivity index is 1.76. The summed E-state index contributed by atoms with van der Waals surface area (Å²) in [7, 11) is -4.59. The molecule has 0 spiro atoms. The first-order valence-electron chi connectivity index (χ1n) is 7.02. The van der Waals surface area contributed by atoms with Crippen molar-refractivity contribution < 1.29 is 17.1 Å². The first kappa shape index (κ1) is 15.5. The van der Waals surface area contributed by atoms with E-state index in [-0.39, 0.29) is 18.9 Å². The van der Waals surface area contributed by atoms with Gasteiger partial charge in [-0.15, -0.1) is 3.89 Å². The topological polar surface area (TPSA) is 80.2 Å². The lowest BCUT2D eigenvalue weighted by molar-refractivity contribution is -0.117. The van der Waals surface area contributed by atoms with Crippen LogP contribution in [0, 0.1) is 5.92 Å². The maximum atomic E-state index is 12.8. The van der Waals surface area contributed by atoms with Gasteiger partial charge in [-0.25, -0.2) is 4.98 Å². The third-order valence-electron chi connectivity index (χ3n) is 3.62. The molecule has 2 aromatic rings. The minimum atomic E-state index is -4.59. The van der Waals surface area contributed by atoms with Crippen LogP contribution in [-0.2, 0) is 15.0 Å². The fraction of sp³-hybridized carbons (Fsp3) is 0.267. The molecule has 120 valence electrons. The molecule has 1 aliphatic heterocycles. The van der Waals surface area contributed by atoms with Crippen LogP contribution in [0.15, 0.2) is 42.7 Å². The van der Waals surface area contributed by atoms with Crippen molar-refractivity contribution in [2.24, 2.45) is 5.92 Å². The van der Waals surface area contributed by atoms with Crippen LogP contribution in [-0.4, -0.2) is 36.6 Å². The van der Waals surface area contributed by atoms with Gasteiger partial charge in [0, 0.05) is 24.4 Å². The van der Waals surface area contributed by atoms with E-state index in [4.69, 9.17) is 0 Å². The van der Waals surface area contributed by atoms with E-state index < -0.39 is 21.9 Å². The van der Waals surface area contributed by atoms with Gasteiger partial charge in [0.1, 0.15) is 0 Å². The molecule has 1 aliphatic rings. The molecule has 0 bridgehead atoms. The second-order valence-electron chi connectivity index (χ2n) is 5.41. The normalized spacial score (nSPS) is 18.4. The predicted molar refractivity (Wildman–Crippen MR) is 82.8 cm³/mol. The zero-order valence-electron chi connectivity index (χ0n) is 12.1. The standard InChI is InChI=1S/C15H14FN3O3S/c16-23(21,22)10-11-6-15(20)19(9-11)14-8-17-13(7-18-14)12-4-2-1-3-5-12/h1-5,7-8,11H,6,9-10H2. The van der Waals surface area contributed by atoms with E-state index in [0.717, 1.165) is 5.56 Å². The van der Waals surface area contributed by atoms with Crippen LogP contribution < -0.4 is 4.90 Å². The molecule has 2 heterocycles. The molecule has 0 N–H and O–H groups in total. The zero-order valence-corrected chi connectivity index (χ0v) is 12.9. The molecule has 23 heavy (non-hydrogen) atoms. The van der Waals surface area contributed by atoms with Gasteiger partial charge in [-0.1, -0.05) is 30.3 Å². The van der Waals surface area contributed by atoms with Gasteiger partial charge in [0.05, 0.1) is 23.8 Å². The average Bonchev–Trinajstić information content (AvgIpc) is 2.87. The molecule has 1 atom stereocenters. The van der Waals surface area contributed by atoms with Gasteiger partial charge < -0.3 is 0 Å². The number of hydrogen-bond acceptors (Lipinski definition) is 5. The fourth-order valence-corrected chi connectivity index (χ4v) is 3.40. The Morgan fingerprint density at radius 2 is 1.91 bits per heavy atom. The highest BCUT2D eigenvalue weighted by Crippen LogP contribution is 2.25. The van der Waals surface area contributed by atoms with Gasteiger partial charge in [0.15, 0.2) is 5.82 Å². The summed E-state index contributed by atoms with van der Waals surface area (Å²) in [5.74, 6) is -1.15. The molecule has 1 aromatic carbocycles. The van der Waals surface area contributed by atoms with Crippen molar-refractivity contribution in [2.75, 3.05) is 17.2 Å². The number of hydrogen-bond donors (Lipinski definition) is 0. The number of anilines is 1. The van der Waals surface area contributed by atoms with Crippen molar-refractivity contribution in [3.05, 3.63) is 42.7 Å². The number of halogens is 1. The monoisotopic (exact) mass is 335 g/mol. The highest BCUT2D eigenvalue weighted by atomic mass is 32.3. The fourth-order valence-electron chi connectivity index (χ4n) is 2.61. The first-order valence-corrected chi connectivity index (χ1v) is 8.58. The molecule has 8 heteroatoms. The van der Waals surface area contributed by atoms with Gasteiger partial charge in [0.2, 0.25) is 5.91 Å². The van der Waals surface area contributed by atoms with Gasteiger partial charge >= 0.3 is 10.2 Å².